The van der Waals surface area contributed by atoms with E-state index in [4.69, 9.17) is 0 Å². The summed E-state index contributed by atoms with van der Waals surface area (Å²) >= 11 is 0. The van der Waals surface area contributed by atoms with Gasteiger partial charge in [-0.2, -0.15) is 4.72 Å². The molecule has 1 aliphatic rings. The van der Waals surface area contributed by atoms with Gasteiger partial charge in [-0.1, -0.05) is 6.92 Å². The fraction of sp³-hybridized carbons (Fsp3) is 0.455. The van der Waals surface area contributed by atoms with Gasteiger partial charge in [0.1, 0.15) is 4.90 Å². The van der Waals surface area contributed by atoms with Gasteiger partial charge in [0.25, 0.3) is 0 Å². The van der Waals surface area contributed by atoms with E-state index in [1.165, 1.54) is 32.3 Å². The summed E-state index contributed by atoms with van der Waals surface area (Å²) < 4.78 is 51.8. The Morgan fingerprint density at radius 1 is 1.30 bits per heavy atom. The van der Waals surface area contributed by atoms with Crippen LogP contribution in [0.15, 0.2) is 28.0 Å². The lowest BCUT2D eigenvalue weighted by atomic mass is 10.3. The van der Waals surface area contributed by atoms with Gasteiger partial charge >= 0.3 is 0 Å². The highest BCUT2D eigenvalue weighted by Crippen LogP contribution is 2.29. The highest BCUT2D eigenvalue weighted by molar-refractivity contribution is 7.90. The van der Waals surface area contributed by atoms with Crippen LogP contribution in [-0.2, 0) is 20.0 Å². The summed E-state index contributed by atoms with van der Waals surface area (Å²) in [6.07, 6.45) is 0.194. The minimum absolute atomic E-state index is 0.0508. The summed E-state index contributed by atoms with van der Waals surface area (Å²) in [6, 6.07) is 4.05. The van der Waals surface area contributed by atoms with Crippen molar-refractivity contribution < 1.29 is 16.8 Å². The topological polar surface area (TPSA) is 95.6 Å². The molecule has 7 nitrogen and oxygen atoms in total. The van der Waals surface area contributed by atoms with Crippen molar-refractivity contribution in [3.63, 3.8) is 0 Å². The third kappa shape index (κ3) is 2.53. The number of hydrogen-bond acceptors (Lipinski definition) is 5. The maximum Gasteiger partial charge on any atom is 0.244 e. The van der Waals surface area contributed by atoms with Crippen molar-refractivity contribution in [2.24, 2.45) is 0 Å². The molecule has 1 aliphatic heterocycles. The highest BCUT2D eigenvalue weighted by Gasteiger charge is 2.30. The molecule has 0 spiro atoms. The molecule has 0 bridgehead atoms. The van der Waals surface area contributed by atoms with Crippen LogP contribution in [0, 0.1) is 0 Å². The van der Waals surface area contributed by atoms with E-state index in [1.807, 2.05) is 6.92 Å². The van der Waals surface area contributed by atoms with E-state index in [2.05, 4.69) is 10.0 Å². The number of anilines is 1. The molecule has 2 rings (SSSR count). The van der Waals surface area contributed by atoms with Crippen LogP contribution in [0.3, 0.4) is 0 Å². The fourth-order valence-corrected chi connectivity index (χ4v) is 4.30. The summed E-state index contributed by atoms with van der Waals surface area (Å²) in [5.74, 6) is 0. The quantitative estimate of drug-likeness (QED) is 0.839. The van der Waals surface area contributed by atoms with Gasteiger partial charge in [0.15, 0.2) is 0 Å². The molecule has 112 valence electrons. The monoisotopic (exact) mass is 319 g/mol. The van der Waals surface area contributed by atoms with Crippen LogP contribution in [0.5, 0.6) is 0 Å². The first-order valence-corrected chi connectivity index (χ1v) is 8.96. The number of nitrogens with zero attached hydrogens (tertiary/aromatic N) is 1. The van der Waals surface area contributed by atoms with E-state index in [9.17, 15) is 16.8 Å². The van der Waals surface area contributed by atoms with Gasteiger partial charge in [-0.25, -0.2) is 21.1 Å². The number of sulfonamides is 2. The molecule has 0 aliphatic carbocycles. The molecule has 1 aromatic rings. The first-order chi connectivity index (χ1) is 9.18. The highest BCUT2D eigenvalue weighted by atomic mass is 32.2. The summed E-state index contributed by atoms with van der Waals surface area (Å²) in [5, 5.41) is 3.01. The molecule has 0 saturated heterocycles. The van der Waals surface area contributed by atoms with E-state index in [-0.39, 0.29) is 16.0 Å². The second kappa shape index (κ2) is 4.99. The molecular weight excluding hydrogens is 302 g/mol. The average molecular weight is 319 g/mol. The van der Waals surface area contributed by atoms with Crippen molar-refractivity contribution in [1.29, 1.82) is 0 Å². The number of hydrogen-bond donors (Lipinski definition) is 2. The maximum absolute atomic E-state index is 12.1. The lowest BCUT2D eigenvalue weighted by molar-refractivity contribution is 0.520. The van der Waals surface area contributed by atoms with Crippen LogP contribution in [-0.4, -0.2) is 41.4 Å². The Bertz CT molecular complexity index is 726. The third-order valence-corrected chi connectivity index (χ3v) is 6.38. The minimum Gasteiger partial charge on any atom is -0.368 e. The zero-order valence-electron chi connectivity index (χ0n) is 11.4. The van der Waals surface area contributed by atoms with Crippen LogP contribution in [0.25, 0.3) is 0 Å². The molecule has 2 N–H and O–H groups in total. The molecular formula is C11H17N3O4S2. The van der Waals surface area contributed by atoms with Crippen molar-refractivity contribution in [1.82, 2.24) is 9.03 Å². The summed E-state index contributed by atoms with van der Waals surface area (Å²) in [7, 11) is -4.58. The van der Waals surface area contributed by atoms with Gasteiger partial charge in [-0.05, 0) is 24.6 Å². The van der Waals surface area contributed by atoms with Crippen molar-refractivity contribution in [3.05, 3.63) is 18.2 Å². The lowest BCUT2D eigenvalue weighted by Gasteiger charge is -2.27. The van der Waals surface area contributed by atoms with E-state index < -0.39 is 20.0 Å². The van der Waals surface area contributed by atoms with Crippen molar-refractivity contribution in [2.45, 2.75) is 29.3 Å². The van der Waals surface area contributed by atoms with Crippen LogP contribution in [0.2, 0.25) is 0 Å². The second-order valence-electron chi connectivity index (χ2n) is 4.67. The van der Waals surface area contributed by atoms with Gasteiger partial charge in [0.2, 0.25) is 20.0 Å². The molecule has 0 radical (unpaired) electrons. The summed E-state index contributed by atoms with van der Waals surface area (Å²) in [4.78, 5) is -0.103. The first kappa shape index (κ1) is 15.2. The lowest BCUT2D eigenvalue weighted by Crippen LogP contribution is -2.44. The molecule has 20 heavy (non-hydrogen) atoms. The Morgan fingerprint density at radius 2 is 1.95 bits per heavy atom. The van der Waals surface area contributed by atoms with Crippen LogP contribution >= 0.6 is 0 Å². The third-order valence-electron chi connectivity index (χ3n) is 3.06. The van der Waals surface area contributed by atoms with E-state index >= 15 is 0 Å². The average Bonchev–Trinajstić information content (AvgIpc) is 2.37. The number of rotatable bonds is 3. The number of benzene rings is 1. The van der Waals surface area contributed by atoms with E-state index in [1.54, 1.807) is 0 Å². The Hall–Kier alpha value is -1.16. The normalized spacial score (nSPS) is 21.3. The number of fused-ring (bicyclic) bond motifs is 1. The minimum atomic E-state index is -3.71. The van der Waals surface area contributed by atoms with Gasteiger partial charge < -0.3 is 5.32 Å². The van der Waals surface area contributed by atoms with Crippen LogP contribution < -0.4 is 10.0 Å². The Kier molecular flexibility index (Phi) is 3.80. The van der Waals surface area contributed by atoms with Gasteiger partial charge in [-0.3, -0.25) is 0 Å². The smallest absolute Gasteiger partial charge is 0.244 e. The zero-order chi connectivity index (χ0) is 15.1. The first-order valence-electron chi connectivity index (χ1n) is 6.04. The molecule has 1 aromatic carbocycles. The molecule has 0 fully saturated rings. The maximum atomic E-state index is 12.1. The molecule has 1 unspecified atom stereocenters. The Balaban J connectivity index is 2.59. The van der Waals surface area contributed by atoms with E-state index in [0.29, 0.717) is 12.1 Å². The van der Waals surface area contributed by atoms with Crippen LogP contribution in [0.1, 0.15) is 13.3 Å². The summed E-state index contributed by atoms with van der Waals surface area (Å²) in [6.45, 7) is 1.84. The van der Waals surface area contributed by atoms with Crippen LogP contribution in [0.4, 0.5) is 5.69 Å². The summed E-state index contributed by atoms with van der Waals surface area (Å²) in [5.41, 5.74) is 0.410. The number of nitrogens with one attached hydrogen (secondary N) is 2. The Labute approximate surface area is 119 Å². The molecule has 9 heteroatoms. The standard InChI is InChI=1S/C11H17N3O4S2/c1-4-11-12-9-6-5-8(20(17,18)14(2)3)7-10(9)19(15,16)13-11/h5-7,11-13H,4H2,1-3H3. The predicted octanol–water partition coefficient (Wildman–Crippen LogP) is 0.377. The van der Waals surface area contributed by atoms with Gasteiger partial charge in [-0.15, -0.1) is 0 Å². The molecule has 0 amide bonds. The van der Waals surface area contributed by atoms with E-state index in [0.717, 1.165) is 4.31 Å². The fourth-order valence-electron chi connectivity index (χ4n) is 1.87. The second-order valence-corrected chi connectivity index (χ2v) is 8.51. The Morgan fingerprint density at radius 3 is 2.50 bits per heavy atom. The predicted molar refractivity (Wildman–Crippen MR) is 75.3 cm³/mol. The van der Waals surface area contributed by atoms with Gasteiger partial charge in [0, 0.05) is 14.1 Å². The van der Waals surface area contributed by atoms with Crippen molar-refractivity contribution in [2.75, 3.05) is 19.4 Å². The van der Waals surface area contributed by atoms with Crippen molar-refractivity contribution >= 4 is 25.7 Å². The van der Waals surface area contributed by atoms with Crippen molar-refractivity contribution in [3.8, 4) is 0 Å². The molecule has 0 aromatic heterocycles. The molecule has 1 atom stereocenters. The zero-order valence-corrected chi connectivity index (χ0v) is 13.0. The molecule has 1 heterocycles. The molecule has 0 saturated carbocycles. The largest absolute Gasteiger partial charge is 0.368 e. The SMILES string of the molecule is CCC1Nc2ccc(S(=O)(=O)N(C)C)cc2S(=O)(=O)N1. The van der Waals surface area contributed by atoms with Gasteiger partial charge in [0.05, 0.1) is 16.7 Å².